The highest BCUT2D eigenvalue weighted by atomic mass is 19.1. The Hall–Kier alpha value is -3.09. The molecule has 0 aromatic heterocycles. The summed E-state index contributed by atoms with van der Waals surface area (Å²) in [6, 6.07) is 10.7. The van der Waals surface area contributed by atoms with E-state index in [-0.39, 0.29) is 17.5 Å². The van der Waals surface area contributed by atoms with Gasteiger partial charge in [0.25, 0.3) is 5.91 Å². The molecule has 2 N–H and O–H groups in total. The number of nitrogens with zero attached hydrogens (tertiary/aromatic N) is 1. The highest BCUT2D eigenvalue weighted by Crippen LogP contribution is 2.31. The van der Waals surface area contributed by atoms with Crippen molar-refractivity contribution in [3.8, 4) is 5.75 Å². The average molecular weight is 428 g/mol. The number of hydrogen-bond acceptors (Lipinski definition) is 4. The lowest BCUT2D eigenvalue weighted by molar-refractivity contribution is -0.118. The fourth-order valence-corrected chi connectivity index (χ4v) is 3.69. The molecule has 0 bridgehead atoms. The van der Waals surface area contributed by atoms with E-state index in [4.69, 9.17) is 4.74 Å². The SMILES string of the molecule is CCOc1ccc(C(=O)NC(C(=O)Nc2c(F)cccc2N2CCCC2)C(C)C)cc1. The van der Waals surface area contributed by atoms with Gasteiger partial charge in [-0.25, -0.2) is 4.39 Å². The van der Waals surface area contributed by atoms with Crippen LogP contribution in [0.25, 0.3) is 0 Å². The number of carbonyl (C=O) groups excluding carboxylic acids is 2. The van der Waals surface area contributed by atoms with Gasteiger partial charge in [-0.2, -0.15) is 0 Å². The smallest absolute Gasteiger partial charge is 0.251 e. The summed E-state index contributed by atoms with van der Waals surface area (Å²) < 4.78 is 20.0. The molecule has 2 amide bonds. The molecule has 2 aromatic rings. The Morgan fingerprint density at radius 2 is 1.77 bits per heavy atom. The van der Waals surface area contributed by atoms with Gasteiger partial charge in [0.2, 0.25) is 5.91 Å². The van der Waals surface area contributed by atoms with Crippen molar-refractivity contribution >= 4 is 23.2 Å². The van der Waals surface area contributed by atoms with E-state index in [0.29, 0.717) is 23.6 Å². The van der Waals surface area contributed by atoms with Crippen LogP contribution in [-0.2, 0) is 4.79 Å². The molecule has 1 atom stereocenters. The van der Waals surface area contributed by atoms with Gasteiger partial charge in [-0.3, -0.25) is 9.59 Å². The Balaban J connectivity index is 1.75. The van der Waals surface area contributed by atoms with Crippen LogP contribution in [0.15, 0.2) is 42.5 Å². The molecule has 7 heteroatoms. The lowest BCUT2D eigenvalue weighted by Crippen LogP contribution is -2.47. The molecule has 1 aliphatic heterocycles. The quantitative estimate of drug-likeness (QED) is 0.662. The summed E-state index contributed by atoms with van der Waals surface area (Å²) in [7, 11) is 0. The largest absolute Gasteiger partial charge is 0.494 e. The van der Waals surface area contributed by atoms with Crippen LogP contribution in [0.1, 0.15) is 44.0 Å². The summed E-state index contributed by atoms with van der Waals surface area (Å²) in [5.41, 5.74) is 1.26. The number of amides is 2. The van der Waals surface area contributed by atoms with Crippen LogP contribution < -0.4 is 20.3 Å². The molecule has 0 aliphatic carbocycles. The number of rotatable bonds is 8. The third-order valence-corrected chi connectivity index (χ3v) is 5.35. The van der Waals surface area contributed by atoms with Gasteiger partial charge in [0.15, 0.2) is 0 Å². The van der Waals surface area contributed by atoms with E-state index in [1.807, 2.05) is 26.8 Å². The first-order valence-electron chi connectivity index (χ1n) is 10.8. The summed E-state index contributed by atoms with van der Waals surface area (Å²) >= 11 is 0. The van der Waals surface area contributed by atoms with Crippen molar-refractivity contribution in [2.45, 2.75) is 39.7 Å². The van der Waals surface area contributed by atoms with Crippen molar-refractivity contribution in [1.29, 1.82) is 0 Å². The monoisotopic (exact) mass is 427 g/mol. The Morgan fingerprint density at radius 1 is 1.10 bits per heavy atom. The maximum absolute atomic E-state index is 14.6. The van der Waals surface area contributed by atoms with E-state index < -0.39 is 17.8 Å². The minimum atomic E-state index is -0.815. The van der Waals surface area contributed by atoms with Gasteiger partial charge in [0, 0.05) is 18.7 Å². The van der Waals surface area contributed by atoms with Gasteiger partial charge in [-0.05, 0) is 62.1 Å². The van der Waals surface area contributed by atoms with Crippen LogP contribution in [0, 0.1) is 11.7 Å². The molecule has 1 heterocycles. The van der Waals surface area contributed by atoms with Gasteiger partial charge in [0.1, 0.15) is 23.3 Å². The van der Waals surface area contributed by atoms with Crippen LogP contribution in [-0.4, -0.2) is 37.6 Å². The predicted molar refractivity (Wildman–Crippen MR) is 120 cm³/mol. The molecule has 1 fully saturated rings. The minimum absolute atomic E-state index is 0.162. The number of nitrogens with one attached hydrogen (secondary N) is 2. The maximum Gasteiger partial charge on any atom is 0.251 e. The molecule has 6 nitrogen and oxygen atoms in total. The molecule has 1 aliphatic rings. The molecular formula is C24H30FN3O3. The first-order valence-corrected chi connectivity index (χ1v) is 10.8. The Bertz CT molecular complexity index is 909. The van der Waals surface area contributed by atoms with Crippen molar-refractivity contribution in [3.63, 3.8) is 0 Å². The number of hydrogen-bond donors (Lipinski definition) is 2. The average Bonchev–Trinajstić information content (AvgIpc) is 3.28. The first kappa shape index (κ1) is 22.6. The fourth-order valence-electron chi connectivity index (χ4n) is 3.69. The van der Waals surface area contributed by atoms with Crippen molar-refractivity contribution in [1.82, 2.24) is 5.32 Å². The summed E-state index contributed by atoms with van der Waals surface area (Å²) in [4.78, 5) is 27.8. The summed E-state index contributed by atoms with van der Waals surface area (Å²) in [6.07, 6.45) is 2.08. The van der Waals surface area contributed by atoms with Crippen molar-refractivity contribution in [2.75, 3.05) is 29.9 Å². The molecule has 1 unspecified atom stereocenters. The number of anilines is 2. The molecule has 0 radical (unpaired) electrons. The van der Waals surface area contributed by atoms with Crippen LogP contribution in [0.3, 0.4) is 0 Å². The van der Waals surface area contributed by atoms with E-state index >= 15 is 0 Å². The van der Waals surface area contributed by atoms with E-state index in [9.17, 15) is 14.0 Å². The highest BCUT2D eigenvalue weighted by molar-refractivity contribution is 6.02. The van der Waals surface area contributed by atoms with Crippen molar-refractivity contribution in [2.24, 2.45) is 5.92 Å². The molecule has 1 saturated heterocycles. The van der Waals surface area contributed by atoms with Gasteiger partial charge in [-0.15, -0.1) is 0 Å². The highest BCUT2D eigenvalue weighted by Gasteiger charge is 2.27. The second-order valence-electron chi connectivity index (χ2n) is 7.97. The lowest BCUT2D eigenvalue weighted by atomic mass is 10.0. The third-order valence-electron chi connectivity index (χ3n) is 5.35. The van der Waals surface area contributed by atoms with Gasteiger partial charge >= 0.3 is 0 Å². The summed E-state index contributed by atoms with van der Waals surface area (Å²) in [6.45, 7) is 7.76. The Morgan fingerprint density at radius 3 is 2.39 bits per heavy atom. The van der Waals surface area contributed by atoms with E-state index in [1.165, 1.54) is 6.07 Å². The fraction of sp³-hybridized carbons (Fsp3) is 0.417. The molecule has 3 rings (SSSR count). The van der Waals surface area contributed by atoms with E-state index in [2.05, 4.69) is 15.5 Å². The molecule has 0 spiro atoms. The maximum atomic E-state index is 14.6. The van der Waals surface area contributed by atoms with Crippen LogP contribution in [0.5, 0.6) is 5.75 Å². The van der Waals surface area contributed by atoms with Crippen molar-refractivity contribution in [3.05, 3.63) is 53.8 Å². The number of benzene rings is 2. The van der Waals surface area contributed by atoms with Gasteiger partial charge < -0.3 is 20.3 Å². The zero-order chi connectivity index (χ0) is 22.4. The zero-order valence-electron chi connectivity index (χ0n) is 18.3. The topological polar surface area (TPSA) is 70.7 Å². The van der Waals surface area contributed by atoms with E-state index in [0.717, 1.165) is 25.9 Å². The summed E-state index contributed by atoms with van der Waals surface area (Å²) in [5, 5.41) is 5.51. The van der Waals surface area contributed by atoms with Crippen LogP contribution in [0.4, 0.5) is 15.8 Å². The van der Waals surface area contributed by atoms with Gasteiger partial charge in [0.05, 0.1) is 12.3 Å². The molecule has 2 aromatic carbocycles. The minimum Gasteiger partial charge on any atom is -0.494 e. The van der Waals surface area contributed by atoms with E-state index in [1.54, 1.807) is 30.3 Å². The standard InChI is InChI=1S/C24H30FN3O3/c1-4-31-18-12-10-17(11-13-18)23(29)26-21(16(2)3)24(30)27-22-19(25)8-7-9-20(22)28-14-5-6-15-28/h7-13,16,21H,4-6,14-15H2,1-3H3,(H,26,29)(H,27,30). The van der Waals surface area contributed by atoms with Gasteiger partial charge in [-0.1, -0.05) is 19.9 Å². The molecule has 166 valence electrons. The first-order chi connectivity index (χ1) is 14.9. The number of carbonyl (C=O) groups is 2. The van der Waals surface area contributed by atoms with Crippen molar-refractivity contribution < 1.29 is 18.7 Å². The predicted octanol–water partition coefficient (Wildman–Crippen LogP) is 4.22. The molecule has 0 saturated carbocycles. The second kappa shape index (κ2) is 10.3. The Kier molecular flexibility index (Phi) is 7.50. The third kappa shape index (κ3) is 5.54. The number of ether oxygens (including phenoxy) is 1. The number of halogens is 1. The van der Waals surface area contributed by atoms with Crippen LogP contribution >= 0.6 is 0 Å². The second-order valence-corrected chi connectivity index (χ2v) is 7.97. The molecule has 31 heavy (non-hydrogen) atoms. The lowest BCUT2D eigenvalue weighted by Gasteiger charge is -2.25. The van der Waals surface area contributed by atoms with Crippen LogP contribution in [0.2, 0.25) is 0 Å². The normalized spacial score (nSPS) is 14.4. The molecular weight excluding hydrogens is 397 g/mol. The zero-order valence-corrected chi connectivity index (χ0v) is 18.3. The Labute approximate surface area is 182 Å². The number of para-hydroxylation sites is 1. The summed E-state index contributed by atoms with van der Waals surface area (Å²) in [5.74, 6) is -0.817.